The highest BCUT2D eigenvalue weighted by Crippen LogP contribution is 2.48. The molecule has 0 aromatic rings. The van der Waals surface area contributed by atoms with Gasteiger partial charge < -0.3 is 5.11 Å². The molecule has 1 aliphatic carbocycles. The van der Waals surface area contributed by atoms with Crippen molar-refractivity contribution in [1.29, 1.82) is 0 Å². The van der Waals surface area contributed by atoms with E-state index >= 15 is 0 Å². The largest absolute Gasteiger partial charge is 0.480 e. The average molecular weight is 295 g/mol. The number of aliphatic carboxylic acids is 1. The molecule has 0 spiro atoms. The normalized spacial score (nSPS) is 32.6. The summed E-state index contributed by atoms with van der Waals surface area (Å²) >= 11 is 0. The van der Waals surface area contributed by atoms with Crippen LogP contribution in [0.3, 0.4) is 0 Å². The predicted molar refractivity (Wildman–Crippen MR) is 86.4 cm³/mol. The number of carboxylic acids is 1. The number of carboxylic acid groups (broad SMARTS) is 1. The van der Waals surface area contributed by atoms with Crippen LogP contribution in [-0.2, 0) is 4.79 Å². The van der Waals surface area contributed by atoms with Crippen LogP contribution in [-0.4, -0.2) is 34.6 Å². The van der Waals surface area contributed by atoms with Gasteiger partial charge in [-0.15, -0.1) is 0 Å². The minimum Gasteiger partial charge on any atom is -0.480 e. The smallest absolute Gasteiger partial charge is 0.324 e. The molecule has 0 unspecified atom stereocenters. The van der Waals surface area contributed by atoms with Crippen LogP contribution in [0.4, 0.5) is 0 Å². The third kappa shape index (κ3) is 3.13. The van der Waals surface area contributed by atoms with Crippen molar-refractivity contribution in [1.82, 2.24) is 4.90 Å². The van der Waals surface area contributed by atoms with Crippen molar-refractivity contribution in [2.24, 2.45) is 11.3 Å². The molecule has 122 valence electrons. The predicted octanol–water partition coefficient (Wildman–Crippen LogP) is 4.31. The molecule has 3 nitrogen and oxygen atoms in total. The maximum atomic E-state index is 12.0. The summed E-state index contributed by atoms with van der Waals surface area (Å²) in [6.07, 6.45) is 10.0. The Morgan fingerprint density at radius 1 is 1.10 bits per heavy atom. The summed E-state index contributed by atoms with van der Waals surface area (Å²) in [4.78, 5) is 14.3. The SMILES string of the molecule is CCCC1(CCC)CN(C2(C(=O)O)CCC(CC)CC2)C1. The second-order valence-electron chi connectivity index (χ2n) is 7.54. The van der Waals surface area contributed by atoms with Crippen molar-refractivity contribution in [3.63, 3.8) is 0 Å². The molecular formula is C18H33NO2. The van der Waals surface area contributed by atoms with Crippen molar-refractivity contribution in [3.8, 4) is 0 Å². The van der Waals surface area contributed by atoms with Crippen LogP contribution in [0.25, 0.3) is 0 Å². The lowest BCUT2D eigenvalue weighted by atomic mass is 9.66. The molecule has 0 radical (unpaired) electrons. The van der Waals surface area contributed by atoms with Crippen molar-refractivity contribution in [3.05, 3.63) is 0 Å². The van der Waals surface area contributed by atoms with Crippen LogP contribution in [0.15, 0.2) is 0 Å². The van der Waals surface area contributed by atoms with E-state index in [-0.39, 0.29) is 0 Å². The molecule has 2 rings (SSSR count). The van der Waals surface area contributed by atoms with Crippen molar-refractivity contribution in [2.75, 3.05) is 13.1 Å². The number of hydrogen-bond donors (Lipinski definition) is 1. The molecule has 1 aliphatic heterocycles. The highest BCUT2D eigenvalue weighted by molar-refractivity contribution is 5.79. The van der Waals surface area contributed by atoms with Crippen LogP contribution < -0.4 is 0 Å². The van der Waals surface area contributed by atoms with Crippen molar-refractivity contribution < 1.29 is 9.90 Å². The molecule has 2 fully saturated rings. The van der Waals surface area contributed by atoms with Crippen molar-refractivity contribution in [2.45, 2.75) is 84.1 Å². The van der Waals surface area contributed by atoms with Crippen LogP contribution in [0, 0.1) is 11.3 Å². The fourth-order valence-electron chi connectivity index (χ4n) is 4.80. The Labute approximate surface area is 130 Å². The number of carbonyl (C=O) groups is 1. The second kappa shape index (κ2) is 6.68. The quantitative estimate of drug-likeness (QED) is 0.760. The maximum Gasteiger partial charge on any atom is 0.324 e. The van der Waals surface area contributed by atoms with Gasteiger partial charge in [0.2, 0.25) is 0 Å². The maximum absolute atomic E-state index is 12.0. The fraction of sp³-hybridized carbons (Fsp3) is 0.944. The second-order valence-corrected chi connectivity index (χ2v) is 7.54. The van der Waals surface area contributed by atoms with E-state index in [4.69, 9.17) is 0 Å². The van der Waals surface area contributed by atoms with E-state index in [0.29, 0.717) is 5.41 Å². The average Bonchev–Trinajstić information content (AvgIpc) is 2.44. The molecule has 1 heterocycles. The molecule has 1 N–H and O–H groups in total. The Bertz CT molecular complexity index is 344. The number of likely N-dealkylation sites (tertiary alicyclic amines) is 1. The zero-order valence-corrected chi connectivity index (χ0v) is 14.2. The van der Waals surface area contributed by atoms with Crippen LogP contribution in [0.2, 0.25) is 0 Å². The zero-order chi connectivity index (χ0) is 15.5. The summed E-state index contributed by atoms with van der Waals surface area (Å²) in [5, 5.41) is 9.87. The molecule has 1 saturated heterocycles. The van der Waals surface area contributed by atoms with E-state index in [1.165, 1.54) is 32.1 Å². The van der Waals surface area contributed by atoms with Gasteiger partial charge in [0.1, 0.15) is 5.54 Å². The fourth-order valence-corrected chi connectivity index (χ4v) is 4.80. The molecular weight excluding hydrogens is 262 g/mol. The van der Waals surface area contributed by atoms with Gasteiger partial charge in [0, 0.05) is 13.1 Å². The van der Waals surface area contributed by atoms with Crippen LogP contribution in [0.5, 0.6) is 0 Å². The summed E-state index contributed by atoms with van der Waals surface area (Å²) < 4.78 is 0. The lowest BCUT2D eigenvalue weighted by Crippen LogP contribution is -2.68. The van der Waals surface area contributed by atoms with Gasteiger partial charge in [-0.25, -0.2) is 0 Å². The molecule has 0 aromatic carbocycles. The summed E-state index contributed by atoms with van der Waals surface area (Å²) in [6.45, 7) is 8.75. The van der Waals surface area contributed by atoms with Crippen molar-refractivity contribution >= 4 is 5.97 Å². The van der Waals surface area contributed by atoms with Gasteiger partial charge in [-0.3, -0.25) is 9.69 Å². The highest BCUT2D eigenvalue weighted by atomic mass is 16.4. The molecule has 0 aromatic heterocycles. The summed E-state index contributed by atoms with van der Waals surface area (Å²) in [5.74, 6) is 0.174. The molecule has 3 heteroatoms. The summed E-state index contributed by atoms with van der Waals surface area (Å²) in [6, 6.07) is 0. The van der Waals surface area contributed by atoms with E-state index < -0.39 is 11.5 Å². The summed E-state index contributed by atoms with van der Waals surface area (Å²) in [7, 11) is 0. The number of nitrogens with zero attached hydrogens (tertiary/aromatic N) is 1. The standard InChI is InChI=1S/C18H33NO2/c1-4-9-17(10-5-2)13-19(14-17)18(16(20)21)11-7-15(6-3)8-12-18/h15H,4-14H2,1-3H3,(H,20,21). The van der Waals surface area contributed by atoms with E-state index in [2.05, 4.69) is 25.7 Å². The number of hydrogen-bond acceptors (Lipinski definition) is 2. The first-order valence-corrected chi connectivity index (χ1v) is 9.00. The van der Waals surface area contributed by atoms with Gasteiger partial charge in [-0.2, -0.15) is 0 Å². The number of rotatable bonds is 7. The van der Waals surface area contributed by atoms with Gasteiger partial charge in [0.05, 0.1) is 0 Å². The third-order valence-electron chi connectivity index (χ3n) is 6.13. The van der Waals surface area contributed by atoms with Crippen LogP contribution >= 0.6 is 0 Å². The zero-order valence-electron chi connectivity index (χ0n) is 14.2. The van der Waals surface area contributed by atoms with Gasteiger partial charge in [-0.05, 0) is 49.9 Å². The Hall–Kier alpha value is -0.570. The van der Waals surface area contributed by atoms with E-state index in [1.807, 2.05) is 0 Å². The third-order valence-corrected chi connectivity index (χ3v) is 6.13. The van der Waals surface area contributed by atoms with Gasteiger partial charge >= 0.3 is 5.97 Å². The van der Waals surface area contributed by atoms with E-state index in [9.17, 15) is 9.90 Å². The molecule has 2 aliphatic rings. The minimum absolute atomic E-state index is 0.410. The lowest BCUT2D eigenvalue weighted by Gasteiger charge is -2.58. The monoisotopic (exact) mass is 295 g/mol. The lowest BCUT2D eigenvalue weighted by molar-refractivity contribution is -0.170. The first kappa shape index (κ1) is 16.8. The van der Waals surface area contributed by atoms with E-state index in [1.54, 1.807) is 0 Å². The van der Waals surface area contributed by atoms with Gasteiger partial charge in [-0.1, -0.05) is 40.0 Å². The Kier molecular flexibility index (Phi) is 5.34. The Morgan fingerprint density at radius 3 is 2.00 bits per heavy atom. The summed E-state index contributed by atoms with van der Waals surface area (Å²) in [5.41, 5.74) is -0.135. The Balaban J connectivity index is 2.04. The van der Waals surface area contributed by atoms with Crippen LogP contribution in [0.1, 0.15) is 78.6 Å². The van der Waals surface area contributed by atoms with Gasteiger partial charge in [0.25, 0.3) is 0 Å². The first-order valence-electron chi connectivity index (χ1n) is 9.00. The first-order chi connectivity index (χ1) is 10.0. The highest BCUT2D eigenvalue weighted by Gasteiger charge is 2.54. The topological polar surface area (TPSA) is 40.5 Å². The molecule has 0 atom stereocenters. The minimum atomic E-state index is -0.571. The molecule has 1 saturated carbocycles. The van der Waals surface area contributed by atoms with Gasteiger partial charge in [0.15, 0.2) is 0 Å². The molecule has 0 bridgehead atoms. The Morgan fingerprint density at radius 2 is 1.62 bits per heavy atom. The molecule has 0 amide bonds. The van der Waals surface area contributed by atoms with E-state index in [0.717, 1.165) is 44.7 Å². The molecule has 21 heavy (non-hydrogen) atoms.